The summed E-state index contributed by atoms with van der Waals surface area (Å²) in [6.45, 7) is 11.4. The molecule has 0 heterocycles. The molecule has 0 spiro atoms. The fourth-order valence-corrected chi connectivity index (χ4v) is 0.956. The molecule has 1 heteroatoms. The van der Waals surface area contributed by atoms with E-state index in [1.54, 1.807) is 0 Å². The molecule has 0 aliphatic rings. The molecule has 0 aliphatic heterocycles. The first-order valence-electron chi connectivity index (χ1n) is 5.53. The van der Waals surface area contributed by atoms with Crippen LogP contribution in [-0.2, 0) is 21.7 Å². The minimum atomic E-state index is 0. The summed E-state index contributed by atoms with van der Waals surface area (Å²) in [6.07, 6.45) is 0. The van der Waals surface area contributed by atoms with Gasteiger partial charge in [-0.25, -0.2) is 0 Å². The standard InChI is InChI=1S/2C7H7.C2H6.Ti/c2*1-7-5-3-2-4-6-7;1-2;/h2*2-6H,1H2;1-2H3;/q2*-1;;+2. The summed E-state index contributed by atoms with van der Waals surface area (Å²) < 4.78 is 0. The first-order chi connectivity index (χ1) is 7.79. The zero-order chi connectivity index (χ0) is 12.2. The van der Waals surface area contributed by atoms with E-state index in [1.807, 2.05) is 74.5 Å². The molecule has 88 valence electrons. The predicted molar refractivity (Wildman–Crippen MR) is 73.2 cm³/mol. The van der Waals surface area contributed by atoms with E-state index in [0.29, 0.717) is 0 Å². The van der Waals surface area contributed by atoms with Gasteiger partial charge in [0, 0.05) is 0 Å². The van der Waals surface area contributed by atoms with Crippen molar-refractivity contribution in [1.82, 2.24) is 0 Å². The van der Waals surface area contributed by atoms with Crippen LogP contribution in [0.15, 0.2) is 60.7 Å². The summed E-state index contributed by atoms with van der Waals surface area (Å²) in [4.78, 5) is 0. The van der Waals surface area contributed by atoms with Crippen LogP contribution >= 0.6 is 0 Å². The smallest absolute Gasteiger partial charge is 0.199 e. The second kappa shape index (κ2) is 13.0. The van der Waals surface area contributed by atoms with Gasteiger partial charge in [0.1, 0.15) is 0 Å². The van der Waals surface area contributed by atoms with E-state index in [4.69, 9.17) is 0 Å². The molecular weight excluding hydrogens is 240 g/mol. The maximum Gasteiger partial charge on any atom is 2.00 e. The molecule has 0 unspecified atom stereocenters. The van der Waals surface area contributed by atoms with Crippen molar-refractivity contribution in [2.75, 3.05) is 0 Å². The normalized spacial score (nSPS) is 7.41. The van der Waals surface area contributed by atoms with Gasteiger partial charge in [-0.15, -0.1) is 24.3 Å². The zero-order valence-electron chi connectivity index (χ0n) is 10.7. The average Bonchev–Trinajstić information content (AvgIpc) is 2.34. The van der Waals surface area contributed by atoms with Crippen LogP contribution in [0.5, 0.6) is 0 Å². The molecule has 0 atom stereocenters. The van der Waals surface area contributed by atoms with Gasteiger partial charge in [-0.1, -0.05) is 26.0 Å². The van der Waals surface area contributed by atoms with E-state index in [-0.39, 0.29) is 21.7 Å². The Morgan fingerprint density at radius 3 is 0.941 bits per heavy atom. The second-order valence-corrected chi connectivity index (χ2v) is 2.97. The number of rotatable bonds is 0. The molecule has 0 amide bonds. The molecule has 0 N–H and O–H groups in total. The number of benzene rings is 2. The van der Waals surface area contributed by atoms with Crippen LogP contribution in [0.25, 0.3) is 0 Å². The Kier molecular flexibility index (Phi) is 13.9. The minimum absolute atomic E-state index is 0. The van der Waals surface area contributed by atoms with Crippen molar-refractivity contribution in [2.24, 2.45) is 0 Å². The fourth-order valence-electron chi connectivity index (χ4n) is 0.956. The molecule has 2 rings (SSSR count). The molecule has 2 aromatic rings. The van der Waals surface area contributed by atoms with E-state index in [2.05, 4.69) is 13.8 Å². The molecule has 0 saturated heterocycles. The van der Waals surface area contributed by atoms with Crippen molar-refractivity contribution >= 4 is 0 Å². The zero-order valence-corrected chi connectivity index (χ0v) is 12.2. The average molecular weight is 260 g/mol. The van der Waals surface area contributed by atoms with Gasteiger partial charge in [-0.2, -0.15) is 49.2 Å². The van der Waals surface area contributed by atoms with Crippen molar-refractivity contribution < 1.29 is 21.7 Å². The van der Waals surface area contributed by atoms with Gasteiger partial charge in [0.05, 0.1) is 0 Å². The molecule has 0 aliphatic carbocycles. The molecule has 0 saturated carbocycles. The Bertz CT molecular complexity index is 303. The topological polar surface area (TPSA) is 0 Å². The maximum atomic E-state index is 3.72. The van der Waals surface area contributed by atoms with Crippen molar-refractivity contribution in [3.8, 4) is 0 Å². The maximum absolute atomic E-state index is 3.72. The summed E-state index contributed by atoms with van der Waals surface area (Å²) in [5, 5.41) is 0. The van der Waals surface area contributed by atoms with Gasteiger partial charge in [0.25, 0.3) is 0 Å². The Morgan fingerprint density at radius 1 is 0.588 bits per heavy atom. The van der Waals surface area contributed by atoms with Crippen LogP contribution < -0.4 is 0 Å². The third-order valence-corrected chi connectivity index (χ3v) is 1.69. The number of hydrogen-bond donors (Lipinski definition) is 0. The monoisotopic (exact) mass is 260 g/mol. The molecule has 0 bridgehead atoms. The van der Waals surface area contributed by atoms with Gasteiger partial charge in [0.15, 0.2) is 0 Å². The van der Waals surface area contributed by atoms with Crippen LogP contribution in [0.2, 0.25) is 0 Å². The third-order valence-electron chi connectivity index (χ3n) is 1.69. The summed E-state index contributed by atoms with van der Waals surface area (Å²) in [5.74, 6) is 0. The van der Waals surface area contributed by atoms with E-state index < -0.39 is 0 Å². The van der Waals surface area contributed by atoms with Gasteiger partial charge in [-0.05, 0) is 0 Å². The van der Waals surface area contributed by atoms with Crippen LogP contribution in [0.4, 0.5) is 0 Å². The molecule has 0 fully saturated rings. The van der Waals surface area contributed by atoms with E-state index in [0.717, 1.165) is 11.1 Å². The van der Waals surface area contributed by atoms with E-state index in [1.165, 1.54) is 0 Å². The van der Waals surface area contributed by atoms with Gasteiger partial charge < -0.3 is 0 Å². The largest absolute Gasteiger partial charge is 2.00 e. The Hall–Kier alpha value is -1.11. The molecule has 0 radical (unpaired) electrons. The van der Waals surface area contributed by atoms with Crippen molar-refractivity contribution in [3.05, 3.63) is 85.6 Å². The van der Waals surface area contributed by atoms with Crippen LogP contribution in [0, 0.1) is 13.8 Å². The summed E-state index contributed by atoms with van der Waals surface area (Å²) in [7, 11) is 0. The minimum Gasteiger partial charge on any atom is -0.199 e. The van der Waals surface area contributed by atoms with Crippen LogP contribution in [0.1, 0.15) is 25.0 Å². The Labute approximate surface area is 121 Å². The van der Waals surface area contributed by atoms with Crippen molar-refractivity contribution in [3.63, 3.8) is 0 Å². The summed E-state index contributed by atoms with van der Waals surface area (Å²) >= 11 is 0. The first kappa shape index (κ1) is 18.3. The van der Waals surface area contributed by atoms with E-state index in [9.17, 15) is 0 Å². The van der Waals surface area contributed by atoms with Gasteiger partial charge in [-0.3, -0.25) is 0 Å². The molecule has 0 nitrogen and oxygen atoms in total. The van der Waals surface area contributed by atoms with Gasteiger partial charge >= 0.3 is 21.7 Å². The fraction of sp³-hybridized carbons (Fsp3) is 0.125. The number of hydrogen-bond acceptors (Lipinski definition) is 0. The van der Waals surface area contributed by atoms with Crippen molar-refractivity contribution in [2.45, 2.75) is 13.8 Å². The molecule has 0 aromatic heterocycles. The summed E-state index contributed by atoms with van der Waals surface area (Å²) in [5.41, 5.74) is 2.14. The van der Waals surface area contributed by atoms with Crippen LogP contribution in [-0.4, -0.2) is 0 Å². The summed E-state index contributed by atoms with van der Waals surface area (Å²) in [6, 6.07) is 19.7. The predicted octanol–water partition coefficient (Wildman–Crippen LogP) is 4.76. The Balaban J connectivity index is 0. The third kappa shape index (κ3) is 11.2. The molecule has 2 aromatic carbocycles. The second-order valence-electron chi connectivity index (χ2n) is 2.97. The Morgan fingerprint density at radius 2 is 0.824 bits per heavy atom. The quantitative estimate of drug-likeness (QED) is 0.473. The molecule has 17 heavy (non-hydrogen) atoms. The van der Waals surface area contributed by atoms with Crippen molar-refractivity contribution in [1.29, 1.82) is 0 Å². The SMILES string of the molecule is CC.[CH2-]c1ccccc1.[CH2-]c1ccccc1.[Ti+2]. The van der Waals surface area contributed by atoms with Gasteiger partial charge in [0.2, 0.25) is 0 Å². The molecular formula is C16H20Ti. The first-order valence-corrected chi connectivity index (χ1v) is 5.53. The van der Waals surface area contributed by atoms with E-state index >= 15 is 0 Å². The van der Waals surface area contributed by atoms with Crippen LogP contribution in [0.3, 0.4) is 0 Å².